The van der Waals surface area contributed by atoms with Gasteiger partial charge in [0.15, 0.2) is 5.96 Å². The molecule has 106 valence electrons. The van der Waals surface area contributed by atoms with Crippen LogP contribution in [-0.2, 0) is 0 Å². The zero-order valence-corrected chi connectivity index (χ0v) is 12.3. The monoisotopic (exact) mass is 254 g/mol. The zero-order chi connectivity index (χ0) is 13.4. The van der Waals surface area contributed by atoms with E-state index in [9.17, 15) is 0 Å². The van der Waals surface area contributed by atoms with Crippen molar-refractivity contribution in [2.45, 2.75) is 52.5 Å². The molecule has 3 N–H and O–H groups in total. The second kappa shape index (κ2) is 8.35. The number of guanidine groups is 1. The van der Waals surface area contributed by atoms with Crippen LogP contribution >= 0.6 is 0 Å². The molecule has 0 aromatic rings. The number of hydrogen-bond donors (Lipinski definition) is 2. The molecule has 4 heteroatoms. The first-order valence-corrected chi connectivity index (χ1v) is 7.40. The summed E-state index contributed by atoms with van der Waals surface area (Å²) in [7, 11) is 0. The predicted molar refractivity (Wildman–Crippen MR) is 78.8 cm³/mol. The summed E-state index contributed by atoms with van der Waals surface area (Å²) in [5, 5.41) is 3.19. The van der Waals surface area contributed by atoms with Crippen molar-refractivity contribution in [3.63, 3.8) is 0 Å². The SMILES string of the molecule is CCC(C)NC(N)=NCCCN1CCC(C)CC1. The van der Waals surface area contributed by atoms with Crippen LogP contribution in [0.2, 0.25) is 0 Å². The topological polar surface area (TPSA) is 53.6 Å². The molecule has 1 unspecified atom stereocenters. The smallest absolute Gasteiger partial charge is 0.188 e. The van der Waals surface area contributed by atoms with Crippen LogP contribution < -0.4 is 11.1 Å². The van der Waals surface area contributed by atoms with E-state index in [1.807, 2.05) is 0 Å². The lowest BCUT2D eigenvalue weighted by molar-refractivity contribution is 0.192. The van der Waals surface area contributed by atoms with Crippen molar-refractivity contribution in [2.24, 2.45) is 16.6 Å². The minimum Gasteiger partial charge on any atom is -0.370 e. The molecule has 18 heavy (non-hydrogen) atoms. The first kappa shape index (κ1) is 15.3. The van der Waals surface area contributed by atoms with Gasteiger partial charge in [-0.2, -0.15) is 0 Å². The zero-order valence-electron chi connectivity index (χ0n) is 12.3. The Morgan fingerprint density at radius 2 is 2.11 bits per heavy atom. The van der Waals surface area contributed by atoms with Gasteiger partial charge in [0.05, 0.1) is 0 Å². The fraction of sp³-hybridized carbons (Fsp3) is 0.929. The number of rotatable bonds is 6. The molecule has 4 nitrogen and oxygen atoms in total. The van der Waals surface area contributed by atoms with Gasteiger partial charge in [-0.15, -0.1) is 0 Å². The molecule has 0 saturated carbocycles. The number of nitrogens with zero attached hydrogens (tertiary/aromatic N) is 2. The Hall–Kier alpha value is -0.770. The Kier molecular flexibility index (Phi) is 7.09. The maximum absolute atomic E-state index is 5.81. The molecule has 1 aliphatic heterocycles. The van der Waals surface area contributed by atoms with Crippen molar-refractivity contribution in [1.82, 2.24) is 10.2 Å². The molecule has 1 fully saturated rings. The quantitative estimate of drug-likeness (QED) is 0.432. The summed E-state index contributed by atoms with van der Waals surface area (Å²) in [6.45, 7) is 11.1. The lowest BCUT2D eigenvalue weighted by Gasteiger charge is -2.29. The molecule has 0 aliphatic carbocycles. The van der Waals surface area contributed by atoms with Crippen LogP contribution in [0.1, 0.15) is 46.5 Å². The lowest BCUT2D eigenvalue weighted by atomic mass is 9.99. The number of nitrogens with two attached hydrogens (primary N) is 1. The van der Waals surface area contributed by atoms with Crippen molar-refractivity contribution >= 4 is 5.96 Å². The van der Waals surface area contributed by atoms with Crippen molar-refractivity contribution in [3.8, 4) is 0 Å². The van der Waals surface area contributed by atoms with Crippen molar-refractivity contribution < 1.29 is 0 Å². The molecule has 0 radical (unpaired) electrons. The van der Waals surface area contributed by atoms with Gasteiger partial charge in [-0.3, -0.25) is 4.99 Å². The number of likely N-dealkylation sites (tertiary alicyclic amines) is 1. The van der Waals surface area contributed by atoms with E-state index in [1.54, 1.807) is 0 Å². The maximum Gasteiger partial charge on any atom is 0.188 e. The third kappa shape index (κ3) is 6.24. The molecule has 0 amide bonds. The summed E-state index contributed by atoms with van der Waals surface area (Å²) in [6.07, 6.45) is 4.88. The largest absolute Gasteiger partial charge is 0.370 e. The van der Waals surface area contributed by atoms with Crippen LogP contribution in [0.25, 0.3) is 0 Å². The molecule has 0 aromatic carbocycles. The number of nitrogens with one attached hydrogen (secondary N) is 1. The van der Waals surface area contributed by atoms with Gasteiger partial charge >= 0.3 is 0 Å². The number of piperidine rings is 1. The minimum absolute atomic E-state index is 0.414. The van der Waals surface area contributed by atoms with Gasteiger partial charge < -0.3 is 16.0 Å². The molecule has 1 heterocycles. The minimum atomic E-state index is 0.414. The molecule has 0 bridgehead atoms. The van der Waals surface area contributed by atoms with Crippen molar-refractivity contribution in [1.29, 1.82) is 0 Å². The van der Waals surface area contributed by atoms with Crippen LogP contribution in [0.15, 0.2) is 4.99 Å². The fourth-order valence-electron chi connectivity index (χ4n) is 2.18. The highest BCUT2D eigenvalue weighted by molar-refractivity contribution is 5.78. The van der Waals surface area contributed by atoms with Crippen LogP contribution in [0.4, 0.5) is 0 Å². The van der Waals surface area contributed by atoms with E-state index < -0.39 is 0 Å². The van der Waals surface area contributed by atoms with Crippen molar-refractivity contribution in [3.05, 3.63) is 0 Å². The highest BCUT2D eigenvalue weighted by Gasteiger charge is 2.14. The van der Waals surface area contributed by atoms with Gasteiger partial charge in [-0.05, 0) is 58.2 Å². The third-order valence-corrected chi connectivity index (χ3v) is 3.80. The van der Waals surface area contributed by atoms with E-state index in [-0.39, 0.29) is 0 Å². The molecule has 1 aliphatic rings. The van der Waals surface area contributed by atoms with Gasteiger partial charge in [-0.25, -0.2) is 0 Å². The third-order valence-electron chi connectivity index (χ3n) is 3.80. The summed E-state index contributed by atoms with van der Waals surface area (Å²) < 4.78 is 0. The second-order valence-corrected chi connectivity index (χ2v) is 5.60. The summed E-state index contributed by atoms with van der Waals surface area (Å²) >= 11 is 0. The standard InChI is InChI=1S/C14H30N4/c1-4-13(3)17-14(15)16-8-5-9-18-10-6-12(2)7-11-18/h12-13H,4-11H2,1-3H3,(H3,15,16,17). The van der Waals surface area contributed by atoms with E-state index in [4.69, 9.17) is 5.73 Å². The normalized spacial score (nSPS) is 20.9. The first-order chi connectivity index (χ1) is 8.61. The van der Waals surface area contributed by atoms with Crippen LogP contribution in [0.5, 0.6) is 0 Å². The van der Waals surface area contributed by atoms with Gasteiger partial charge in [0, 0.05) is 12.6 Å². The van der Waals surface area contributed by atoms with Crippen molar-refractivity contribution in [2.75, 3.05) is 26.2 Å². The van der Waals surface area contributed by atoms with E-state index in [1.165, 1.54) is 25.9 Å². The van der Waals surface area contributed by atoms with E-state index in [0.717, 1.165) is 31.8 Å². The average Bonchev–Trinajstić information content (AvgIpc) is 2.36. The van der Waals surface area contributed by atoms with Gasteiger partial charge in [0.25, 0.3) is 0 Å². The van der Waals surface area contributed by atoms with E-state index in [0.29, 0.717) is 12.0 Å². The van der Waals surface area contributed by atoms with Gasteiger partial charge in [0.2, 0.25) is 0 Å². The molecule has 1 atom stereocenters. The Balaban J connectivity index is 2.08. The van der Waals surface area contributed by atoms with Crippen LogP contribution in [0, 0.1) is 5.92 Å². The molecular weight excluding hydrogens is 224 g/mol. The molecular formula is C14H30N4. The van der Waals surface area contributed by atoms with Crippen LogP contribution in [0.3, 0.4) is 0 Å². The van der Waals surface area contributed by atoms with Crippen LogP contribution in [-0.4, -0.2) is 43.1 Å². The molecule has 0 aromatic heterocycles. The highest BCUT2D eigenvalue weighted by Crippen LogP contribution is 2.15. The maximum atomic E-state index is 5.81. The summed E-state index contributed by atoms with van der Waals surface area (Å²) in [6, 6.07) is 0.414. The Morgan fingerprint density at radius 1 is 1.44 bits per heavy atom. The Morgan fingerprint density at radius 3 is 2.72 bits per heavy atom. The lowest BCUT2D eigenvalue weighted by Crippen LogP contribution is -2.38. The summed E-state index contributed by atoms with van der Waals surface area (Å²) in [5.41, 5.74) is 5.81. The second-order valence-electron chi connectivity index (χ2n) is 5.60. The summed E-state index contributed by atoms with van der Waals surface area (Å²) in [5.74, 6) is 1.51. The van der Waals surface area contributed by atoms with E-state index >= 15 is 0 Å². The Labute approximate surface area is 112 Å². The van der Waals surface area contributed by atoms with Gasteiger partial charge in [-0.1, -0.05) is 13.8 Å². The molecule has 1 rings (SSSR count). The molecule has 0 spiro atoms. The summed E-state index contributed by atoms with van der Waals surface area (Å²) in [4.78, 5) is 6.92. The highest BCUT2D eigenvalue weighted by atomic mass is 15.1. The fourth-order valence-corrected chi connectivity index (χ4v) is 2.18. The number of hydrogen-bond acceptors (Lipinski definition) is 2. The Bertz CT molecular complexity index is 244. The predicted octanol–water partition coefficient (Wildman–Crippen LogP) is 1.81. The average molecular weight is 254 g/mol. The van der Waals surface area contributed by atoms with Gasteiger partial charge in [0.1, 0.15) is 0 Å². The molecule has 1 saturated heterocycles. The first-order valence-electron chi connectivity index (χ1n) is 7.40. The van der Waals surface area contributed by atoms with E-state index in [2.05, 4.69) is 36.0 Å². The number of aliphatic imine (C=N–C) groups is 1.